The number of nitrogens with one attached hydrogen (secondary N) is 1. The summed E-state index contributed by atoms with van der Waals surface area (Å²) in [6.45, 7) is 6.56. The summed E-state index contributed by atoms with van der Waals surface area (Å²) in [7, 11) is 0. The van der Waals surface area contributed by atoms with Crippen LogP contribution in [0.3, 0.4) is 0 Å². The van der Waals surface area contributed by atoms with Crippen molar-refractivity contribution < 1.29 is 4.79 Å². The van der Waals surface area contributed by atoms with Crippen LogP contribution in [0.1, 0.15) is 61.3 Å². The highest BCUT2D eigenvalue weighted by Crippen LogP contribution is 2.21. The van der Waals surface area contributed by atoms with Gasteiger partial charge < -0.3 is 10.2 Å². The second-order valence-electron chi connectivity index (χ2n) is 7.36. The molecular formula is C21H28N4O. The highest BCUT2D eigenvalue weighted by molar-refractivity contribution is 5.92. The molecule has 0 saturated heterocycles. The SMILES string of the molecule is Cc1cc(C(=O)N(Cc2ccccc2)C(C)C)nc(NC2CCCC2)n1. The van der Waals surface area contributed by atoms with Gasteiger partial charge in [-0.1, -0.05) is 43.2 Å². The average molecular weight is 352 g/mol. The van der Waals surface area contributed by atoms with Crippen LogP contribution in [0, 0.1) is 6.92 Å². The minimum atomic E-state index is -0.0520. The van der Waals surface area contributed by atoms with Crippen LogP contribution >= 0.6 is 0 Å². The van der Waals surface area contributed by atoms with Crippen LogP contribution in [0.5, 0.6) is 0 Å². The second-order valence-corrected chi connectivity index (χ2v) is 7.36. The van der Waals surface area contributed by atoms with E-state index in [1.807, 2.05) is 56.0 Å². The van der Waals surface area contributed by atoms with Gasteiger partial charge in [-0.15, -0.1) is 0 Å². The zero-order valence-electron chi connectivity index (χ0n) is 15.9. The van der Waals surface area contributed by atoms with E-state index < -0.39 is 0 Å². The zero-order chi connectivity index (χ0) is 18.5. The zero-order valence-corrected chi connectivity index (χ0v) is 15.9. The van der Waals surface area contributed by atoms with Crippen LogP contribution in [-0.4, -0.2) is 32.9 Å². The Morgan fingerprint density at radius 2 is 1.88 bits per heavy atom. The number of hydrogen-bond acceptors (Lipinski definition) is 4. The molecule has 3 rings (SSSR count). The molecule has 1 aromatic carbocycles. The van der Waals surface area contributed by atoms with E-state index in [-0.39, 0.29) is 11.9 Å². The van der Waals surface area contributed by atoms with E-state index in [2.05, 4.69) is 15.3 Å². The van der Waals surface area contributed by atoms with Crippen LogP contribution in [0.25, 0.3) is 0 Å². The number of carbonyl (C=O) groups excluding carboxylic acids is 1. The molecule has 5 heteroatoms. The fourth-order valence-corrected chi connectivity index (χ4v) is 3.41. The van der Waals surface area contributed by atoms with E-state index >= 15 is 0 Å². The summed E-state index contributed by atoms with van der Waals surface area (Å²) in [5, 5.41) is 3.40. The van der Waals surface area contributed by atoms with Crippen molar-refractivity contribution in [3.8, 4) is 0 Å². The molecule has 0 bridgehead atoms. The Kier molecular flexibility index (Phi) is 5.86. The summed E-state index contributed by atoms with van der Waals surface area (Å²) in [4.78, 5) is 24.0. The molecular weight excluding hydrogens is 324 g/mol. The molecule has 0 atom stereocenters. The summed E-state index contributed by atoms with van der Waals surface area (Å²) >= 11 is 0. The maximum atomic E-state index is 13.1. The largest absolute Gasteiger partial charge is 0.351 e. The first-order valence-corrected chi connectivity index (χ1v) is 9.50. The molecule has 1 N–H and O–H groups in total. The topological polar surface area (TPSA) is 58.1 Å². The van der Waals surface area contributed by atoms with Gasteiger partial charge >= 0.3 is 0 Å². The van der Waals surface area contributed by atoms with E-state index in [0.717, 1.165) is 24.1 Å². The van der Waals surface area contributed by atoms with Crippen molar-refractivity contribution in [3.05, 3.63) is 53.3 Å². The van der Waals surface area contributed by atoms with Crippen LogP contribution in [-0.2, 0) is 6.54 Å². The molecule has 2 aromatic rings. The molecule has 26 heavy (non-hydrogen) atoms. The minimum absolute atomic E-state index is 0.0520. The Morgan fingerprint density at radius 3 is 2.54 bits per heavy atom. The van der Waals surface area contributed by atoms with Gasteiger partial charge in [-0.25, -0.2) is 9.97 Å². The van der Waals surface area contributed by atoms with Crippen molar-refractivity contribution >= 4 is 11.9 Å². The average Bonchev–Trinajstić information content (AvgIpc) is 3.12. The maximum Gasteiger partial charge on any atom is 0.273 e. The lowest BCUT2D eigenvalue weighted by Crippen LogP contribution is -2.37. The molecule has 1 aliphatic carbocycles. The highest BCUT2D eigenvalue weighted by Gasteiger charge is 2.22. The van der Waals surface area contributed by atoms with Gasteiger partial charge in [0.15, 0.2) is 0 Å². The van der Waals surface area contributed by atoms with Gasteiger partial charge in [0.05, 0.1) is 0 Å². The lowest BCUT2D eigenvalue weighted by Gasteiger charge is -2.27. The predicted octanol–water partition coefficient (Wildman–Crippen LogP) is 4.19. The van der Waals surface area contributed by atoms with E-state index in [9.17, 15) is 4.79 Å². The predicted molar refractivity (Wildman–Crippen MR) is 104 cm³/mol. The smallest absolute Gasteiger partial charge is 0.273 e. The third kappa shape index (κ3) is 4.59. The fourth-order valence-electron chi connectivity index (χ4n) is 3.41. The van der Waals surface area contributed by atoms with Gasteiger partial charge in [0, 0.05) is 24.3 Å². The van der Waals surface area contributed by atoms with Crippen molar-refractivity contribution in [3.63, 3.8) is 0 Å². The number of anilines is 1. The Morgan fingerprint density at radius 1 is 1.19 bits per heavy atom. The normalized spacial score (nSPS) is 14.6. The van der Waals surface area contributed by atoms with Gasteiger partial charge in [-0.3, -0.25) is 4.79 Å². The second kappa shape index (κ2) is 8.30. The first-order chi connectivity index (χ1) is 12.5. The van der Waals surface area contributed by atoms with Gasteiger partial charge in [0.25, 0.3) is 5.91 Å². The Hall–Kier alpha value is -2.43. The van der Waals surface area contributed by atoms with Crippen LogP contribution in [0.2, 0.25) is 0 Å². The summed E-state index contributed by atoms with van der Waals surface area (Å²) in [6, 6.07) is 12.4. The van der Waals surface area contributed by atoms with Crippen molar-refractivity contribution in [2.75, 3.05) is 5.32 Å². The quantitative estimate of drug-likeness (QED) is 0.847. The molecule has 0 aliphatic heterocycles. The van der Waals surface area contributed by atoms with Crippen LogP contribution < -0.4 is 5.32 Å². The fraction of sp³-hybridized carbons (Fsp3) is 0.476. The molecule has 5 nitrogen and oxygen atoms in total. The highest BCUT2D eigenvalue weighted by atomic mass is 16.2. The van der Waals surface area contributed by atoms with E-state index in [4.69, 9.17) is 0 Å². The molecule has 0 unspecified atom stereocenters. The molecule has 1 aromatic heterocycles. The van der Waals surface area contributed by atoms with Crippen LogP contribution in [0.15, 0.2) is 36.4 Å². The number of aromatic nitrogens is 2. The lowest BCUT2D eigenvalue weighted by molar-refractivity contribution is 0.0684. The van der Waals surface area contributed by atoms with Gasteiger partial charge in [0.1, 0.15) is 5.69 Å². The Balaban J connectivity index is 1.80. The number of benzene rings is 1. The van der Waals surface area contributed by atoms with Crippen LogP contribution in [0.4, 0.5) is 5.95 Å². The van der Waals surface area contributed by atoms with Gasteiger partial charge in [-0.2, -0.15) is 0 Å². The molecule has 1 amide bonds. The summed E-state index contributed by atoms with van der Waals surface area (Å²) in [5.74, 6) is 0.521. The molecule has 1 fully saturated rings. The van der Waals surface area contributed by atoms with Gasteiger partial charge in [-0.05, 0) is 45.2 Å². The summed E-state index contributed by atoms with van der Waals surface area (Å²) < 4.78 is 0. The Bertz CT molecular complexity index is 739. The molecule has 1 heterocycles. The van der Waals surface area contributed by atoms with Crippen molar-refractivity contribution in [2.45, 2.75) is 65.1 Å². The van der Waals surface area contributed by atoms with Gasteiger partial charge in [0.2, 0.25) is 5.95 Å². The number of hydrogen-bond donors (Lipinski definition) is 1. The molecule has 0 radical (unpaired) electrons. The number of aryl methyl sites for hydroxylation is 1. The van der Waals surface area contributed by atoms with Crippen molar-refractivity contribution in [1.29, 1.82) is 0 Å². The molecule has 1 aliphatic rings. The first-order valence-electron chi connectivity index (χ1n) is 9.50. The third-order valence-corrected chi connectivity index (χ3v) is 4.84. The number of nitrogens with zero attached hydrogens (tertiary/aromatic N) is 3. The van der Waals surface area contributed by atoms with E-state index in [1.54, 1.807) is 6.07 Å². The first kappa shape index (κ1) is 18.4. The maximum absolute atomic E-state index is 13.1. The molecule has 138 valence electrons. The molecule has 1 saturated carbocycles. The monoisotopic (exact) mass is 352 g/mol. The van der Waals surface area contributed by atoms with E-state index in [1.165, 1.54) is 12.8 Å². The molecule has 0 spiro atoms. The lowest BCUT2D eigenvalue weighted by atomic mass is 10.1. The van der Waals surface area contributed by atoms with Crippen molar-refractivity contribution in [1.82, 2.24) is 14.9 Å². The minimum Gasteiger partial charge on any atom is -0.351 e. The summed E-state index contributed by atoms with van der Waals surface area (Å²) in [5.41, 5.74) is 2.39. The standard InChI is InChI=1S/C21H28N4O/c1-15(2)25(14-17-9-5-4-6-10-17)20(26)19-13-16(3)22-21(24-19)23-18-11-7-8-12-18/h4-6,9-10,13,15,18H,7-8,11-12,14H2,1-3H3,(H,22,23,24). The van der Waals surface area contributed by atoms with E-state index in [0.29, 0.717) is 24.2 Å². The third-order valence-electron chi connectivity index (χ3n) is 4.84. The Labute approximate surface area is 155 Å². The number of rotatable bonds is 6. The van der Waals surface area contributed by atoms with Crippen molar-refractivity contribution in [2.24, 2.45) is 0 Å². The number of carbonyl (C=O) groups is 1. The number of amides is 1. The summed E-state index contributed by atoms with van der Waals surface area (Å²) in [6.07, 6.45) is 4.78.